The lowest BCUT2D eigenvalue weighted by atomic mass is 10.0. The maximum absolute atomic E-state index is 13.0. The number of aromatic nitrogens is 2. The van der Waals surface area contributed by atoms with E-state index in [2.05, 4.69) is 26.3 Å². The highest BCUT2D eigenvalue weighted by molar-refractivity contribution is 9.10. The summed E-state index contributed by atoms with van der Waals surface area (Å²) >= 11 is 3.42. The molecule has 0 saturated heterocycles. The molecule has 0 spiro atoms. The van der Waals surface area contributed by atoms with Gasteiger partial charge < -0.3 is 5.32 Å². The summed E-state index contributed by atoms with van der Waals surface area (Å²) in [4.78, 5) is 13.3. The van der Waals surface area contributed by atoms with Crippen LogP contribution in [0.3, 0.4) is 0 Å². The number of benzene rings is 2. The molecule has 1 unspecified atom stereocenters. The van der Waals surface area contributed by atoms with Crippen LogP contribution in [-0.2, 0) is 16.3 Å². The van der Waals surface area contributed by atoms with Gasteiger partial charge in [-0.3, -0.25) is 4.79 Å². The van der Waals surface area contributed by atoms with Gasteiger partial charge >= 0.3 is 0 Å². The Hall–Kier alpha value is -2.45. The van der Waals surface area contributed by atoms with Gasteiger partial charge in [0, 0.05) is 4.47 Å². The van der Waals surface area contributed by atoms with Crippen molar-refractivity contribution in [3.63, 3.8) is 0 Å². The average Bonchev–Trinajstić information content (AvgIpc) is 3.15. The first-order chi connectivity index (χ1) is 13.9. The molecule has 0 fully saturated rings. The smallest absolute Gasteiger partial charge is 0.255 e. The van der Waals surface area contributed by atoms with Crippen molar-refractivity contribution in [1.29, 1.82) is 0 Å². The first-order valence-electron chi connectivity index (χ1n) is 9.36. The van der Waals surface area contributed by atoms with E-state index in [1.54, 1.807) is 35.1 Å². The quantitative estimate of drug-likeness (QED) is 0.623. The van der Waals surface area contributed by atoms with Gasteiger partial charge in [-0.15, -0.1) is 0 Å². The summed E-state index contributed by atoms with van der Waals surface area (Å²) in [6, 6.07) is 14.2. The molecule has 1 aliphatic heterocycles. The molecule has 0 saturated carbocycles. The summed E-state index contributed by atoms with van der Waals surface area (Å²) in [5, 5.41) is 7.43. The van der Waals surface area contributed by atoms with Gasteiger partial charge in [-0.1, -0.05) is 41.1 Å². The Kier molecular flexibility index (Phi) is 5.31. The zero-order valence-electron chi connectivity index (χ0n) is 15.8. The number of fused-ring (bicyclic) bond motifs is 1. The SMILES string of the molecule is CCc1c(C(=O)NC2CCS(=O)(=O)c3ccccc32)cnn1-c1ccc(Br)cc1. The molecule has 0 radical (unpaired) electrons. The van der Waals surface area contributed by atoms with Crippen LogP contribution in [0, 0.1) is 0 Å². The van der Waals surface area contributed by atoms with E-state index in [0.717, 1.165) is 15.9 Å². The number of sulfone groups is 1. The lowest BCUT2D eigenvalue weighted by Crippen LogP contribution is -2.34. The molecular weight excluding hydrogens is 454 g/mol. The van der Waals surface area contributed by atoms with E-state index in [4.69, 9.17) is 0 Å². The molecule has 8 heteroatoms. The molecule has 1 amide bonds. The molecule has 0 bridgehead atoms. The minimum Gasteiger partial charge on any atom is -0.345 e. The van der Waals surface area contributed by atoms with Gasteiger partial charge in [-0.2, -0.15) is 5.10 Å². The molecule has 1 aliphatic rings. The summed E-state index contributed by atoms with van der Waals surface area (Å²) in [6.45, 7) is 1.98. The lowest BCUT2D eigenvalue weighted by molar-refractivity contribution is 0.0933. The first kappa shape index (κ1) is 19.8. The molecule has 2 aromatic carbocycles. The van der Waals surface area contributed by atoms with Crippen LogP contribution in [0.2, 0.25) is 0 Å². The van der Waals surface area contributed by atoms with Crippen molar-refractivity contribution in [3.8, 4) is 5.69 Å². The molecule has 2 heterocycles. The number of carbonyl (C=O) groups excluding carboxylic acids is 1. The molecule has 1 aromatic heterocycles. The third kappa shape index (κ3) is 3.74. The minimum atomic E-state index is -3.30. The molecule has 1 atom stereocenters. The molecule has 0 aliphatic carbocycles. The standard InChI is InChI=1S/C21H20BrN3O3S/c1-2-19-17(13-23-25(19)15-9-7-14(22)8-10-15)21(26)24-18-11-12-29(27,28)20-6-4-3-5-16(18)20/h3-10,13,18H,2,11-12H2,1H3,(H,24,26). The van der Waals surface area contributed by atoms with E-state index in [1.165, 1.54) is 0 Å². The Balaban J connectivity index is 1.64. The van der Waals surface area contributed by atoms with Crippen LogP contribution in [0.15, 0.2) is 64.1 Å². The zero-order valence-corrected chi connectivity index (χ0v) is 18.2. The average molecular weight is 474 g/mol. The second kappa shape index (κ2) is 7.76. The van der Waals surface area contributed by atoms with E-state index in [1.807, 2.05) is 31.2 Å². The van der Waals surface area contributed by atoms with Crippen LogP contribution in [0.5, 0.6) is 0 Å². The highest BCUT2D eigenvalue weighted by atomic mass is 79.9. The van der Waals surface area contributed by atoms with E-state index in [-0.39, 0.29) is 17.7 Å². The van der Waals surface area contributed by atoms with Gasteiger partial charge in [0.05, 0.1) is 39.8 Å². The van der Waals surface area contributed by atoms with Crippen molar-refractivity contribution >= 4 is 31.7 Å². The lowest BCUT2D eigenvalue weighted by Gasteiger charge is -2.26. The van der Waals surface area contributed by atoms with Gasteiger partial charge in [0.1, 0.15) is 0 Å². The number of rotatable bonds is 4. The second-order valence-electron chi connectivity index (χ2n) is 6.92. The van der Waals surface area contributed by atoms with E-state index >= 15 is 0 Å². The summed E-state index contributed by atoms with van der Waals surface area (Å²) in [5.74, 6) is -0.224. The Labute approximate surface area is 178 Å². The molecule has 29 heavy (non-hydrogen) atoms. The van der Waals surface area contributed by atoms with Gasteiger partial charge in [-0.05, 0) is 48.7 Å². The van der Waals surface area contributed by atoms with E-state index in [9.17, 15) is 13.2 Å². The normalized spacial score (nSPS) is 17.5. The van der Waals surface area contributed by atoms with Crippen LogP contribution in [0.1, 0.15) is 41.0 Å². The molecule has 1 N–H and O–H groups in total. The predicted octanol–water partition coefficient (Wildman–Crippen LogP) is 3.85. The van der Waals surface area contributed by atoms with Gasteiger partial charge in [0.25, 0.3) is 5.91 Å². The monoisotopic (exact) mass is 473 g/mol. The number of hydrogen-bond donors (Lipinski definition) is 1. The van der Waals surface area contributed by atoms with Crippen molar-refractivity contribution in [2.75, 3.05) is 5.75 Å². The third-order valence-electron chi connectivity index (χ3n) is 5.13. The fourth-order valence-corrected chi connectivity index (χ4v) is 5.57. The maximum Gasteiger partial charge on any atom is 0.255 e. The Morgan fingerprint density at radius 1 is 1.21 bits per heavy atom. The third-order valence-corrected chi connectivity index (χ3v) is 7.47. The zero-order chi connectivity index (χ0) is 20.6. The second-order valence-corrected chi connectivity index (χ2v) is 9.91. The van der Waals surface area contributed by atoms with Crippen molar-refractivity contribution in [1.82, 2.24) is 15.1 Å². The predicted molar refractivity (Wildman–Crippen MR) is 114 cm³/mol. The first-order valence-corrected chi connectivity index (χ1v) is 11.8. The van der Waals surface area contributed by atoms with Crippen LogP contribution < -0.4 is 5.32 Å². The summed E-state index contributed by atoms with van der Waals surface area (Å²) in [7, 11) is -3.30. The number of amides is 1. The molecule has 4 rings (SSSR count). The fourth-order valence-electron chi connectivity index (χ4n) is 3.68. The van der Waals surface area contributed by atoms with Crippen molar-refractivity contribution < 1.29 is 13.2 Å². The highest BCUT2D eigenvalue weighted by Crippen LogP contribution is 2.32. The van der Waals surface area contributed by atoms with Crippen LogP contribution in [0.4, 0.5) is 0 Å². The highest BCUT2D eigenvalue weighted by Gasteiger charge is 2.31. The van der Waals surface area contributed by atoms with Gasteiger partial charge in [0.2, 0.25) is 0 Å². The topological polar surface area (TPSA) is 81.1 Å². The van der Waals surface area contributed by atoms with Gasteiger partial charge in [0.15, 0.2) is 9.84 Å². The Bertz CT molecular complexity index is 1170. The van der Waals surface area contributed by atoms with Crippen molar-refractivity contribution in [2.45, 2.75) is 30.7 Å². The number of hydrogen-bond acceptors (Lipinski definition) is 4. The van der Waals surface area contributed by atoms with Crippen LogP contribution in [0.25, 0.3) is 5.69 Å². The minimum absolute atomic E-state index is 0.0216. The summed E-state index contributed by atoms with van der Waals surface area (Å²) in [6.07, 6.45) is 2.56. The number of halogens is 1. The Morgan fingerprint density at radius 3 is 2.66 bits per heavy atom. The van der Waals surface area contributed by atoms with Gasteiger partial charge in [-0.25, -0.2) is 13.1 Å². The largest absolute Gasteiger partial charge is 0.345 e. The van der Waals surface area contributed by atoms with Crippen molar-refractivity contribution in [3.05, 3.63) is 76.0 Å². The molecule has 6 nitrogen and oxygen atoms in total. The molecule has 150 valence electrons. The van der Waals surface area contributed by atoms with Crippen molar-refractivity contribution in [2.24, 2.45) is 0 Å². The fraction of sp³-hybridized carbons (Fsp3) is 0.238. The van der Waals surface area contributed by atoms with Crippen LogP contribution in [-0.4, -0.2) is 29.9 Å². The summed E-state index contributed by atoms with van der Waals surface area (Å²) in [5.41, 5.74) is 2.83. The summed E-state index contributed by atoms with van der Waals surface area (Å²) < 4.78 is 27.4. The maximum atomic E-state index is 13.0. The Morgan fingerprint density at radius 2 is 1.93 bits per heavy atom. The molecular formula is C21H20BrN3O3S. The molecule has 3 aromatic rings. The number of nitrogens with one attached hydrogen (secondary N) is 1. The van der Waals surface area contributed by atoms with Crippen LogP contribution >= 0.6 is 15.9 Å². The van der Waals surface area contributed by atoms with E-state index in [0.29, 0.717) is 28.9 Å². The number of nitrogens with zero attached hydrogens (tertiary/aromatic N) is 2. The van der Waals surface area contributed by atoms with E-state index < -0.39 is 9.84 Å². The number of carbonyl (C=O) groups is 1.